The van der Waals surface area contributed by atoms with Gasteiger partial charge < -0.3 is 0 Å². The molecule has 0 nitrogen and oxygen atoms in total. The fraction of sp³-hybridized carbons (Fsp3) is 0.161. The van der Waals surface area contributed by atoms with Crippen molar-refractivity contribution in [2.75, 3.05) is 0 Å². The molecular weight excluding hydrogens is 403 g/mol. The molecule has 0 heterocycles. The molecule has 1 aliphatic rings. The number of fused-ring (bicyclic) bond motifs is 1. The average Bonchev–Trinajstić information content (AvgIpc) is 3.22. The van der Waals surface area contributed by atoms with Crippen molar-refractivity contribution in [1.29, 1.82) is 0 Å². The van der Waals surface area contributed by atoms with Crippen LogP contribution >= 0.6 is 7.92 Å². The summed E-state index contributed by atoms with van der Waals surface area (Å²) in [4.78, 5) is 0. The van der Waals surface area contributed by atoms with Gasteiger partial charge in [-0.05, 0) is 79.1 Å². The standard InChI is InChI=1S/C31H29P/c1-22-19-23(2)29(24(3)20-22)21-26-12-8-10-16-30(26)32(27-13-5-4-6-14-27)31-18-17-25-11-7-9-15-28(25)31/h4-20,31H,21H2,1-3H3. The molecule has 0 aromatic heterocycles. The first-order valence-electron chi connectivity index (χ1n) is 11.4. The van der Waals surface area contributed by atoms with Crippen LogP contribution in [0.15, 0.2) is 97.1 Å². The molecule has 0 radical (unpaired) electrons. The van der Waals surface area contributed by atoms with E-state index in [-0.39, 0.29) is 0 Å². The van der Waals surface area contributed by atoms with Crippen LogP contribution in [-0.2, 0) is 6.42 Å². The van der Waals surface area contributed by atoms with Crippen LogP contribution in [0.5, 0.6) is 0 Å². The molecule has 1 heteroatoms. The van der Waals surface area contributed by atoms with Gasteiger partial charge in [-0.1, -0.05) is 109 Å². The van der Waals surface area contributed by atoms with E-state index in [0.29, 0.717) is 5.66 Å². The van der Waals surface area contributed by atoms with Crippen molar-refractivity contribution >= 4 is 24.6 Å². The summed E-state index contributed by atoms with van der Waals surface area (Å²) in [6, 6.07) is 33.8. The predicted molar refractivity (Wildman–Crippen MR) is 141 cm³/mol. The topological polar surface area (TPSA) is 0 Å². The van der Waals surface area contributed by atoms with Crippen LogP contribution in [0.3, 0.4) is 0 Å². The zero-order chi connectivity index (χ0) is 22.1. The van der Waals surface area contributed by atoms with Crippen LogP contribution in [0, 0.1) is 20.8 Å². The van der Waals surface area contributed by atoms with E-state index in [0.717, 1.165) is 6.42 Å². The van der Waals surface area contributed by atoms with Gasteiger partial charge in [0.1, 0.15) is 0 Å². The maximum atomic E-state index is 2.43. The number of rotatable bonds is 5. The summed E-state index contributed by atoms with van der Waals surface area (Å²) in [5, 5.41) is 2.94. The van der Waals surface area contributed by atoms with Crippen LogP contribution in [0.4, 0.5) is 0 Å². The lowest BCUT2D eigenvalue weighted by atomic mass is 9.94. The first kappa shape index (κ1) is 20.9. The van der Waals surface area contributed by atoms with Crippen molar-refractivity contribution < 1.29 is 0 Å². The third-order valence-corrected chi connectivity index (χ3v) is 9.36. The summed E-state index contributed by atoms with van der Waals surface area (Å²) in [7, 11) is -0.568. The minimum absolute atomic E-state index is 0.407. The van der Waals surface area contributed by atoms with Gasteiger partial charge in [-0.15, -0.1) is 0 Å². The quantitative estimate of drug-likeness (QED) is 0.288. The van der Waals surface area contributed by atoms with Gasteiger partial charge in [0.05, 0.1) is 0 Å². The van der Waals surface area contributed by atoms with Crippen LogP contribution in [0.1, 0.15) is 44.6 Å². The van der Waals surface area contributed by atoms with E-state index in [4.69, 9.17) is 0 Å². The second-order valence-corrected chi connectivity index (χ2v) is 11.1. The summed E-state index contributed by atoms with van der Waals surface area (Å²) in [6.45, 7) is 6.71. The third-order valence-electron chi connectivity index (χ3n) is 6.54. The summed E-state index contributed by atoms with van der Waals surface area (Å²) < 4.78 is 0. The Labute approximate surface area is 193 Å². The maximum absolute atomic E-state index is 2.43. The molecule has 0 aliphatic heterocycles. The zero-order valence-corrected chi connectivity index (χ0v) is 19.9. The number of hydrogen-bond acceptors (Lipinski definition) is 0. The second-order valence-electron chi connectivity index (χ2n) is 8.82. The fourth-order valence-electron chi connectivity index (χ4n) is 5.07. The smallest absolute Gasteiger partial charge is 0.0311 e. The highest BCUT2D eigenvalue weighted by molar-refractivity contribution is 7.73. The van der Waals surface area contributed by atoms with Crippen molar-refractivity contribution in [2.24, 2.45) is 0 Å². The molecule has 5 rings (SSSR count). The third kappa shape index (κ3) is 3.96. The van der Waals surface area contributed by atoms with E-state index in [1.54, 1.807) is 0 Å². The average molecular weight is 433 g/mol. The van der Waals surface area contributed by atoms with Crippen molar-refractivity contribution in [3.63, 3.8) is 0 Å². The molecule has 0 fully saturated rings. The minimum atomic E-state index is -0.568. The lowest BCUT2D eigenvalue weighted by Crippen LogP contribution is -2.20. The van der Waals surface area contributed by atoms with Crippen molar-refractivity contribution in [1.82, 2.24) is 0 Å². The van der Waals surface area contributed by atoms with Crippen LogP contribution in [-0.4, -0.2) is 0 Å². The molecule has 0 saturated carbocycles. The lowest BCUT2D eigenvalue weighted by molar-refractivity contribution is 1.12. The number of allylic oxidation sites excluding steroid dienone is 1. The highest BCUT2D eigenvalue weighted by Gasteiger charge is 2.29. The van der Waals surface area contributed by atoms with Crippen molar-refractivity contribution in [2.45, 2.75) is 32.9 Å². The highest BCUT2D eigenvalue weighted by Crippen LogP contribution is 2.54. The van der Waals surface area contributed by atoms with E-state index in [1.165, 1.54) is 49.6 Å². The van der Waals surface area contributed by atoms with E-state index in [9.17, 15) is 0 Å². The largest absolute Gasteiger partial charge is 0.0715 e. The van der Waals surface area contributed by atoms with Gasteiger partial charge >= 0.3 is 0 Å². The van der Waals surface area contributed by atoms with Crippen molar-refractivity contribution in [3.05, 3.63) is 136 Å². The molecule has 2 atom stereocenters. The Kier molecular flexibility index (Phi) is 5.81. The minimum Gasteiger partial charge on any atom is -0.0715 e. The Morgan fingerprint density at radius 2 is 1.38 bits per heavy atom. The molecule has 4 aromatic carbocycles. The first-order valence-corrected chi connectivity index (χ1v) is 12.8. The summed E-state index contributed by atoms with van der Waals surface area (Å²) in [5.41, 5.74) is 10.3. The summed E-state index contributed by atoms with van der Waals surface area (Å²) in [6.07, 6.45) is 5.73. The Morgan fingerprint density at radius 1 is 0.719 bits per heavy atom. The van der Waals surface area contributed by atoms with Crippen LogP contribution in [0.25, 0.3) is 6.08 Å². The number of aryl methyl sites for hydroxylation is 3. The second kappa shape index (κ2) is 8.89. The first-order chi connectivity index (χ1) is 15.6. The van der Waals surface area contributed by atoms with Crippen LogP contribution < -0.4 is 10.6 Å². The van der Waals surface area contributed by atoms with Crippen LogP contribution in [0.2, 0.25) is 0 Å². The van der Waals surface area contributed by atoms with Gasteiger partial charge in [0.25, 0.3) is 0 Å². The molecule has 1 aliphatic carbocycles. The van der Waals surface area contributed by atoms with E-state index in [1.807, 2.05) is 0 Å². The molecule has 0 amide bonds. The van der Waals surface area contributed by atoms with Gasteiger partial charge in [-0.25, -0.2) is 0 Å². The molecule has 0 bridgehead atoms. The molecule has 0 N–H and O–H groups in total. The Hall–Kier alpha value is -2.95. The fourth-order valence-corrected chi connectivity index (χ4v) is 7.94. The zero-order valence-electron chi connectivity index (χ0n) is 19.0. The van der Waals surface area contributed by atoms with E-state index >= 15 is 0 Å². The molecule has 4 aromatic rings. The Balaban J connectivity index is 1.64. The summed E-state index contributed by atoms with van der Waals surface area (Å²) in [5.74, 6) is 0. The molecule has 32 heavy (non-hydrogen) atoms. The predicted octanol–water partition coefficient (Wildman–Crippen LogP) is 7.40. The number of hydrogen-bond donors (Lipinski definition) is 0. The Morgan fingerprint density at radius 3 is 2.16 bits per heavy atom. The SMILES string of the molecule is Cc1cc(C)c(Cc2ccccc2P(c2ccccc2)C2C=Cc3ccccc32)c(C)c1. The number of benzene rings is 4. The lowest BCUT2D eigenvalue weighted by Gasteiger charge is -2.28. The van der Waals surface area contributed by atoms with Gasteiger partial charge in [0.15, 0.2) is 0 Å². The van der Waals surface area contributed by atoms with E-state index in [2.05, 4.69) is 124 Å². The Bertz CT molecular complexity index is 1260. The van der Waals surface area contributed by atoms with Gasteiger partial charge in [-0.3, -0.25) is 0 Å². The highest BCUT2D eigenvalue weighted by atomic mass is 31.1. The maximum Gasteiger partial charge on any atom is 0.0311 e. The molecule has 158 valence electrons. The molecular formula is C31H29P. The molecule has 0 saturated heterocycles. The van der Waals surface area contributed by atoms with Gasteiger partial charge in [0.2, 0.25) is 0 Å². The van der Waals surface area contributed by atoms with E-state index < -0.39 is 7.92 Å². The van der Waals surface area contributed by atoms with Gasteiger partial charge in [-0.2, -0.15) is 0 Å². The van der Waals surface area contributed by atoms with Crippen molar-refractivity contribution in [3.8, 4) is 0 Å². The summed E-state index contributed by atoms with van der Waals surface area (Å²) >= 11 is 0. The normalized spacial score (nSPS) is 15.5. The molecule has 0 spiro atoms. The molecule has 2 unspecified atom stereocenters. The van der Waals surface area contributed by atoms with Gasteiger partial charge in [0, 0.05) is 5.66 Å². The monoisotopic (exact) mass is 432 g/mol.